The third-order valence-corrected chi connectivity index (χ3v) is 4.93. The van der Waals surface area contributed by atoms with Gasteiger partial charge >= 0.3 is 11.9 Å². The van der Waals surface area contributed by atoms with Crippen LogP contribution in [0.1, 0.15) is 45.1 Å². The Hall–Kier alpha value is -1.88. The lowest BCUT2D eigenvalue weighted by Crippen LogP contribution is -2.41. The van der Waals surface area contributed by atoms with Crippen LogP contribution in [0.15, 0.2) is 30.3 Å². The number of benzene rings is 1. The van der Waals surface area contributed by atoms with Crippen LogP contribution in [0, 0.1) is 17.8 Å². The summed E-state index contributed by atoms with van der Waals surface area (Å²) in [4.78, 5) is 28.6. The molecule has 0 unspecified atom stereocenters. The summed E-state index contributed by atoms with van der Waals surface area (Å²) >= 11 is 0. The van der Waals surface area contributed by atoms with Crippen LogP contribution in [0.3, 0.4) is 0 Å². The first kappa shape index (κ1) is 18.5. The van der Waals surface area contributed by atoms with Crippen LogP contribution in [0.4, 0.5) is 0 Å². The van der Waals surface area contributed by atoms with E-state index in [9.17, 15) is 14.7 Å². The van der Waals surface area contributed by atoms with Crippen molar-refractivity contribution in [1.29, 1.82) is 0 Å². The fourth-order valence-electron chi connectivity index (χ4n) is 3.26. The zero-order chi connectivity index (χ0) is 17.5. The Morgan fingerprint density at radius 1 is 1.17 bits per heavy atom. The zero-order valence-electron chi connectivity index (χ0n) is 14.4. The number of hydroxylamine groups is 1. The van der Waals surface area contributed by atoms with Gasteiger partial charge in [-0.2, -0.15) is 0 Å². The number of hydrogen-bond acceptors (Lipinski definition) is 4. The van der Waals surface area contributed by atoms with Gasteiger partial charge in [0.05, 0.1) is 5.92 Å². The second kappa shape index (κ2) is 8.83. The van der Waals surface area contributed by atoms with Crippen molar-refractivity contribution in [1.82, 2.24) is 5.48 Å². The minimum absolute atomic E-state index is 0.126. The Kier molecular flexibility index (Phi) is 6.79. The summed E-state index contributed by atoms with van der Waals surface area (Å²) in [6, 6.07) is 8.35. The van der Waals surface area contributed by atoms with E-state index in [0.29, 0.717) is 11.8 Å². The Balaban J connectivity index is 1.81. The first-order chi connectivity index (χ1) is 11.5. The number of carboxylic acids is 1. The molecule has 1 aromatic rings. The van der Waals surface area contributed by atoms with Crippen LogP contribution in [-0.4, -0.2) is 23.1 Å². The van der Waals surface area contributed by atoms with E-state index in [2.05, 4.69) is 19.3 Å². The van der Waals surface area contributed by atoms with Gasteiger partial charge in [-0.25, -0.2) is 0 Å². The quantitative estimate of drug-likeness (QED) is 0.750. The highest BCUT2D eigenvalue weighted by atomic mass is 16.7. The number of aliphatic carboxylic acids is 1. The van der Waals surface area contributed by atoms with Gasteiger partial charge in [-0.05, 0) is 43.1 Å². The van der Waals surface area contributed by atoms with Crippen molar-refractivity contribution < 1.29 is 19.5 Å². The fraction of sp³-hybridized carbons (Fsp3) is 0.579. The minimum atomic E-state index is -1.03. The molecule has 1 aliphatic rings. The number of hydrogen-bond donors (Lipinski definition) is 2. The maximum absolute atomic E-state index is 12.2. The van der Waals surface area contributed by atoms with Crippen molar-refractivity contribution in [3.05, 3.63) is 35.9 Å². The molecule has 1 fully saturated rings. The molecular weight excluding hydrogens is 306 g/mol. The smallest absolute Gasteiger partial charge is 0.327 e. The van der Waals surface area contributed by atoms with Crippen LogP contribution in [0.2, 0.25) is 0 Å². The van der Waals surface area contributed by atoms with Crippen LogP contribution in [-0.2, 0) is 20.8 Å². The highest BCUT2D eigenvalue weighted by Gasteiger charge is 2.30. The molecule has 0 heterocycles. The summed E-state index contributed by atoms with van der Waals surface area (Å²) in [6.45, 7) is 4.43. The van der Waals surface area contributed by atoms with E-state index in [1.807, 2.05) is 30.3 Å². The van der Waals surface area contributed by atoms with E-state index in [4.69, 9.17) is 4.84 Å². The number of carbonyl (C=O) groups is 2. The molecule has 1 aromatic carbocycles. The van der Waals surface area contributed by atoms with Gasteiger partial charge in [-0.1, -0.05) is 44.2 Å². The predicted octanol–water partition coefficient (Wildman–Crippen LogP) is 3.19. The fourth-order valence-corrected chi connectivity index (χ4v) is 3.26. The van der Waals surface area contributed by atoms with Crippen molar-refractivity contribution in [2.24, 2.45) is 17.8 Å². The molecule has 0 radical (unpaired) electrons. The van der Waals surface area contributed by atoms with Crippen LogP contribution >= 0.6 is 0 Å². The van der Waals surface area contributed by atoms with Crippen molar-refractivity contribution in [2.45, 2.75) is 52.0 Å². The average Bonchev–Trinajstić information content (AvgIpc) is 2.59. The van der Waals surface area contributed by atoms with Gasteiger partial charge in [-0.3, -0.25) is 9.59 Å². The molecule has 0 amide bonds. The maximum Gasteiger partial charge on any atom is 0.327 e. The summed E-state index contributed by atoms with van der Waals surface area (Å²) in [5.41, 5.74) is 3.33. The topological polar surface area (TPSA) is 75.6 Å². The lowest BCUT2D eigenvalue weighted by molar-refractivity contribution is -0.163. The van der Waals surface area contributed by atoms with Gasteiger partial charge in [0, 0.05) is 6.42 Å². The van der Waals surface area contributed by atoms with Crippen LogP contribution in [0.25, 0.3) is 0 Å². The zero-order valence-corrected chi connectivity index (χ0v) is 14.4. The van der Waals surface area contributed by atoms with Crippen molar-refractivity contribution in [2.75, 3.05) is 0 Å². The molecular formula is C19H27NO4. The van der Waals surface area contributed by atoms with E-state index < -0.39 is 12.0 Å². The molecule has 24 heavy (non-hydrogen) atoms. The first-order valence-electron chi connectivity index (χ1n) is 8.70. The molecule has 0 spiro atoms. The second-order valence-electron chi connectivity index (χ2n) is 6.98. The number of rotatable bonds is 7. The van der Waals surface area contributed by atoms with Gasteiger partial charge in [0.2, 0.25) is 0 Å². The van der Waals surface area contributed by atoms with Gasteiger partial charge in [0.25, 0.3) is 0 Å². The summed E-state index contributed by atoms with van der Waals surface area (Å²) in [5.74, 6) is -0.181. The molecule has 2 rings (SSSR count). The van der Waals surface area contributed by atoms with Gasteiger partial charge in [0.1, 0.15) is 6.04 Å². The number of carbonyl (C=O) groups excluding carboxylic acids is 1. The van der Waals surface area contributed by atoms with Gasteiger partial charge in [-0.15, -0.1) is 5.48 Å². The molecule has 2 N–H and O–H groups in total. The summed E-state index contributed by atoms with van der Waals surface area (Å²) in [7, 11) is 0. The Morgan fingerprint density at radius 2 is 1.79 bits per heavy atom. The van der Waals surface area contributed by atoms with Crippen LogP contribution in [0.5, 0.6) is 0 Å². The van der Waals surface area contributed by atoms with E-state index in [-0.39, 0.29) is 18.3 Å². The number of nitrogens with one attached hydrogen (secondary N) is 1. The average molecular weight is 333 g/mol. The highest BCUT2D eigenvalue weighted by molar-refractivity contribution is 5.75. The number of carboxylic acid groups (broad SMARTS) is 1. The standard InChI is InChI=1S/C19H27NO4/c1-13(2)15-8-10-16(11-9-15)19(23)24-20-17(18(21)22)12-14-6-4-3-5-7-14/h3-7,13,15-17,20H,8-12H2,1-2H3,(H,21,22)/t15?,16?,17-/m0/s1. The minimum Gasteiger partial charge on any atom is -0.480 e. The first-order valence-corrected chi connectivity index (χ1v) is 8.70. The largest absolute Gasteiger partial charge is 0.480 e. The summed E-state index contributed by atoms with van der Waals surface area (Å²) in [5, 5.41) is 9.30. The lowest BCUT2D eigenvalue weighted by Gasteiger charge is -2.29. The van der Waals surface area contributed by atoms with E-state index in [1.54, 1.807) is 0 Å². The molecule has 0 aliphatic heterocycles. The molecule has 1 aliphatic carbocycles. The summed E-state index contributed by atoms with van der Waals surface area (Å²) < 4.78 is 0. The third kappa shape index (κ3) is 5.34. The predicted molar refractivity (Wildman–Crippen MR) is 91.1 cm³/mol. The second-order valence-corrected chi connectivity index (χ2v) is 6.98. The molecule has 1 saturated carbocycles. The van der Waals surface area contributed by atoms with Crippen molar-refractivity contribution in [3.8, 4) is 0 Å². The molecule has 0 bridgehead atoms. The molecule has 1 atom stereocenters. The third-order valence-electron chi connectivity index (χ3n) is 4.93. The normalized spacial score (nSPS) is 22.1. The maximum atomic E-state index is 12.2. The van der Waals surface area contributed by atoms with E-state index in [0.717, 1.165) is 31.2 Å². The van der Waals surface area contributed by atoms with Gasteiger partial charge in [0.15, 0.2) is 0 Å². The highest BCUT2D eigenvalue weighted by Crippen LogP contribution is 2.33. The van der Waals surface area contributed by atoms with Crippen LogP contribution < -0.4 is 5.48 Å². The van der Waals surface area contributed by atoms with Crippen molar-refractivity contribution in [3.63, 3.8) is 0 Å². The lowest BCUT2D eigenvalue weighted by atomic mass is 9.77. The Morgan fingerprint density at radius 3 is 2.33 bits per heavy atom. The molecule has 132 valence electrons. The Bertz CT molecular complexity index is 536. The monoisotopic (exact) mass is 333 g/mol. The molecule has 5 nitrogen and oxygen atoms in total. The Labute approximate surface area is 143 Å². The summed E-state index contributed by atoms with van der Waals surface area (Å²) in [6.07, 6.45) is 3.97. The van der Waals surface area contributed by atoms with E-state index in [1.165, 1.54) is 0 Å². The SMILES string of the molecule is CC(C)C1CCC(C(=O)ON[C@@H](Cc2ccccc2)C(=O)O)CC1. The van der Waals surface area contributed by atoms with E-state index >= 15 is 0 Å². The van der Waals surface area contributed by atoms with Gasteiger partial charge < -0.3 is 9.94 Å². The molecule has 0 saturated heterocycles. The molecule has 5 heteroatoms. The molecule has 0 aromatic heterocycles. The van der Waals surface area contributed by atoms with Crippen molar-refractivity contribution >= 4 is 11.9 Å².